The normalized spacial score (nSPS) is 10.3. The van der Waals surface area contributed by atoms with Crippen LogP contribution in [0.25, 0.3) is 0 Å². The molecule has 1 nitrogen and oxygen atoms in total. The highest BCUT2D eigenvalue weighted by molar-refractivity contribution is 4.53. The van der Waals surface area contributed by atoms with E-state index >= 15 is 0 Å². The van der Waals surface area contributed by atoms with E-state index in [-0.39, 0.29) is 0 Å². The lowest BCUT2D eigenvalue weighted by molar-refractivity contribution is 0.101. The Kier molecular flexibility index (Phi) is 4.10. The van der Waals surface area contributed by atoms with Gasteiger partial charge in [0.25, 0.3) is 0 Å². The number of hydrogen-bond acceptors (Lipinski definition) is 1. The van der Waals surface area contributed by atoms with Crippen LogP contribution in [0.4, 0.5) is 0 Å². The Morgan fingerprint density at radius 1 is 1.71 bits per heavy atom. The predicted molar refractivity (Wildman–Crippen MR) is 31.1 cm³/mol. The van der Waals surface area contributed by atoms with Crippen LogP contribution < -0.4 is 0 Å². The fraction of sp³-hybridized carbons (Fsp3) is 0.833. The second kappa shape index (κ2) is 4.13. The van der Waals surface area contributed by atoms with Crippen molar-refractivity contribution in [2.75, 3.05) is 7.11 Å². The van der Waals surface area contributed by atoms with Gasteiger partial charge in [-0.05, 0) is 12.8 Å². The molecular weight excluding hydrogens is 88.1 g/mol. The van der Waals surface area contributed by atoms with E-state index in [4.69, 9.17) is 4.74 Å². The molecule has 0 aliphatic heterocycles. The molecule has 43 valence electrons. The summed E-state index contributed by atoms with van der Waals surface area (Å²) in [6.07, 6.45) is 2.33. The zero-order valence-corrected chi connectivity index (χ0v) is 5.11. The van der Waals surface area contributed by atoms with E-state index in [1.54, 1.807) is 7.11 Å². The Hall–Kier alpha value is -0.0400. The molecule has 0 saturated carbocycles. The van der Waals surface area contributed by atoms with Gasteiger partial charge in [0.05, 0.1) is 6.10 Å². The summed E-state index contributed by atoms with van der Waals surface area (Å²) in [7, 11) is 1.72. The molecule has 0 N–H and O–H groups in total. The maximum Gasteiger partial charge on any atom is 0.0568 e. The molecule has 0 aromatic carbocycles. The van der Waals surface area contributed by atoms with Crippen LogP contribution in [0.15, 0.2) is 0 Å². The largest absolute Gasteiger partial charge is 0.381 e. The van der Waals surface area contributed by atoms with Crippen molar-refractivity contribution < 1.29 is 4.74 Å². The van der Waals surface area contributed by atoms with Crippen molar-refractivity contribution in [1.82, 2.24) is 0 Å². The number of hydrogen-bond donors (Lipinski definition) is 0. The number of ether oxygens (including phenoxy) is 1. The minimum Gasteiger partial charge on any atom is -0.381 e. The lowest BCUT2D eigenvalue weighted by atomic mass is 10.2. The van der Waals surface area contributed by atoms with Gasteiger partial charge in [0, 0.05) is 7.11 Å². The van der Waals surface area contributed by atoms with Crippen LogP contribution in [0.5, 0.6) is 0 Å². The van der Waals surface area contributed by atoms with Gasteiger partial charge in [0.2, 0.25) is 0 Å². The Morgan fingerprint density at radius 3 is 2.29 bits per heavy atom. The van der Waals surface area contributed by atoms with Gasteiger partial charge in [-0.3, -0.25) is 0 Å². The molecule has 0 fully saturated rings. The predicted octanol–water partition coefficient (Wildman–Crippen LogP) is 1.64. The van der Waals surface area contributed by atoms with Gasteiger partial charge in [-0.25, -0.2) is 0 Å². The second-order valence-electron chi connectivity index (χ2n) is 1.55. The Bertz CT molecular complexity index is 25.7. The molecule has 0 spiro atoms. The van der Waals surface area contributed by atoms with E-state index in [1.165, 1.54) is 0 Å². The van der Waals surface area contributed by atoms with Crippen LogP contribution in [0, 0.1) is 6.92 Å². The molecule has 0 aromatic rings. The van der Waals surface area contributed by atoms with E-state index < -0.39 is 0 Å². The van der Waals surface area contributed by atoms with Gasteiger partial charge in [0.1, 0.15) is 0 Å². The van der Waals surface area contributed by atoms with Gasteiger partial charge in [-0.15, -0.1) is 0 Å². The molecular formula is C6H13O. The van der Waals surface area contributed by atoms with Crippen molar-refractivity contribution in [3.8, 4) is 0 Å². The molecule has 1 atom stereocenters. The van der Waals surface area contributed by atoms with Crippen molar-refractivity contribution >= 4 is 0 Å². The highest BCUT2D eigenvalue weighted by Gasteiger charge is 1.96. The first-order valence-electron chi connectivity index (χ1n) is 2.67. The molecule has 0 rings (SSSR count). The Morgan fingerprint density at radius 2 is 2.29 bits per heavy atom. The smallest absolute Gasteiger partial charge is 0.0568 e. The first-order valence-corrected chi connectivity index (χ1v) is 2.67. The first kappa shape index (κ1) is 6.96. The number of rotatable bonds is 3. The van der Waals surface area contributed by atoms with Crippen LogP contribution in [-0.2, 0) is 4.74 Å². The lowest BCUT2D eigenvalue weighted by Gasteiger charge is -2.07. The Labute approximate surface area is 45.7 Å². The molecule has 0 unspecified atom stereocenters. The molecule has 1 heteroatoms. The Balaban J connectivity index is 2.99. The molecule has 0 heterocycles. The third-order valence-electron chi connectivity index (χ3n) is 1.11. The molecule has 7 heavy (non-hydrogen) atoms. The molecule has 0 aliphatic carbocycles. The van der Waals surface area contributed by atoms with E-state index in [0.717, 1.165) is 12.8 Å². The van der Waals surface area contributed by atoms with Crippen LogP contribution in [0.1, 0.15) is 19.8 Å². The van der Waals surface area contributed by atoms with E-state index in [9.17, 15) is 0 Å². The van der Waals surface area contributed by atoms with Crippen molar-refractivity contribution in [1.29, 1.82) is 0 Å². The average molecular weight is 101 g/mol. The maximum absolute atomic E-state index is 4.99. The third kappa shape index (κ3) is 2.63. The molecule has 0 amide bonds. The van der Waals surface area contributed by atoms with Gasteiger partial charge in [-0.1, -0.05) is 13.8 Å². The molecule has 1 radical (unpaired) electrons. The average Bonchev–Trinajstić information content (AvgIpc) is 1.72. The monoisotopic (exact) mass is 101 g/mol. The van der Waals surface area contributed by atoms with Crippen LogP contribution in [-0.4, -0.2) is 13.2 Å². The fourth-order valence-electron chi connectivity index (χ4n) is 0.489. The summed E-state index contributed by atoms with van der Waals surface area (Å²) in [4.78, 5) is 0. The van der Waals surface area contributed by atoms with Gasteiger partial charge in [-0.2, -0.15) is 0 Å². The fourth-order valence-corrected chi connectivity index (χ4v) is 0.489. The van der Waals surface area contributed by atoms with Crippen molar-refractivity contribution in [2.45, 2.75) is 25.9 Å². The summed E-state index contributed by atoms with van der Waals surface area (Å²) in [6, 6.07) is 0. The van der Waals surface area contributed by atoms with E-state index in [2.05, 4.69) is 13.8 Å². The first-order chi connectivity index (χ1) is 3.35. The summed E-state index contributed by atoms with van der Waals surface area (Å²) < 4.78 is 4.99. The quantitative estimate of drug-likeness (QED) is 0.525. The topological polar surface area (TPSA) is 9.23 Å². The van der Waals surface area contributed by atoms with Crippen molar-refractivity contribution in [3.63, 3.8) is 0 Å². The molecule has 0 bridgehead atoms. The highest BCUT2D eigenvalue weighted by Crippen LogP contribution is 1.98. The summed E-state index contributed by atoms with van der Waals surface area (Å²) in [5, 5.41) is 0. The zero-order valence-electron chi connectivity index (χ0n) is 5.11. The zero-order chi connectivity index (χ0) is 5.70. The summed E-state index contributed by atoms with van der Waals surface area (Å²) >= 11 is 0. The van der Waals surface area contributed by atoms with Gasteiger partial charge in [0.15, 0.2) is 0 Å². The maximum atomic E-state index is 4.99. The van der Waals surface area contributed by atoms with Crippen LogP contribution in [0.3, 0.4) is 0 Å². The molecule has 0 saturated heterocycles. The standard InChI is InChI=1S/C6H13O/c1-4-6(5-2)7-3/h6H,1,4-5H2,2-3H3/t6-/m1/s1. The summed E-state index contributed by atoms with van der Waals surface area (Å²) in [5.41, 5.74) is 0. The van der Waals surface area contributed by atoms with E-state index in [1.807, 2.05) is 0 Å². The second-order valence-corrected chi connectivity index (χ2v) is 1.55. The highest BCUT2D eigenvalue weighted by atomic mass is 16.5. The van der Waals surface area contributed by atoms with Gasteiger partial charge >= 0.3 is 0 Å². The summed E-state index contributed by atoms with van der Waals surface area (Å²) in [5.74, 6) is 0. The number of methoxy groups -OCH3 is 1. The third-order valence-corrected chi connectivity index (χ3v) is 1.11. The van der Waals surface area contributed by atoms with Crippen molar-refractivity contribution in [3.05, 3.63) is 6.92 Å². The van der Waals surface area contributed by atoms with Crippen molar-refractivity contribution in [2.24, 2.45) is 0 Å². The van der Waals surface area contributed by atoms with E-state index in [0.29, 0.717) is 6.10 Å². The molecule has 0 aromatic heterocycles. The summed E-state index contributed by atoms with van der Waals surface area (Å²) in [6.45, 7) is 5.80. The van der Waals surface area contributed by atoms with Crippen LogP contribution >= 0.6 is 0 Å². The SMILES string of the molecule is [CH2]C[C@H](CC)OC. The lowest BCUT2D eigenvalue weighted by Crippen LogP contribution is -2.05. The van der Waals surface area contributed by atoms with Crippen LogP contribution in [0.2, 0.25) is 0 Å². The minimum absolute atomic E-state index is 0.375. The minimum atomic E-state index is 0.375. The molecule has 0 aliphatic rings. The van der Waals surface area contributed by atoms with Gasteiger partial charge < -0.3 is 4.74 Å².